The third kappa shape index (κ3) is 4.07. The molecular formula is C20H22N4O2S2. The van der Waals surface area contributed by atoms with Crippen molar-refractivity contribution in [3.8, 4) is 11.1 Å². The number of carbonyl (C=O) groups excluding carboxylic acids is 1. The van der Waals surface area contributed by atoms with E-state index in [0.29, 0.717) is 22.3 Å². The van der Waals surface area contributed by atoms with Gasteiger partial charge in [-0.2, -0.15) is 5.10 Å². The Hall–Kier alpha value is -2.71. The molecule has 0 atom stereocenters. The van der Waals surface area contributed by atoms with Crippen molar-refractivity contribution in [2.24, 2.45) is 7.05 Å². The van der Waals surface area contributed by atoms with Crippen molar-refractivity contribution in [2.45, 2.75) is 20.8 Å². The third-order valence-corrected chi connectivity index (χ3v) is 5.56. The van der Waals surface area contributed by atoms with Gasteiger partial charge in [0.1, 0.15) is 10.6 Å². The highest BCUT2D eigenvalue weighted by Crippen LogP contribution is 2.40. The van der Waals surface area contributed by atoms with Crippen molar-refractivity contribution in [3.05, 3.63) is 52.7 Å². The Morgan fingerprint density at radius 1 is 1.25 bits per heavy atom. The lowest BCUT2D eigenvalue weighted by molar-refractivity contribution is 0.0529. The first-order valence-corrected chi connectivity index (χ1v) is 10.1. The molecule has 0 bridgehead atoms. The van der Waals surface area contributed by atoms with E-state index in [1.165, 1.54) is 11.3 Å². The number of aryl methyl sites for hydroxylation is 2. The molecule has 0 amide bonds. The molecule has 0 spiro atoms. The van der Waals surface area contributed by atoms with Gasteiger partial charge < -0.3 is 15.4 Å². The zero-order valence-corrected chi connectivity index (χ0v) is 17.8. The highest BCUT2D eigenvalue weighted by Gasteiger charge is 2.25. The van der Waals surface area contributed by atoms with Gasteiger partial charge in [-0.25, -0.2) is 4.79 Å². The second-order valence-electron chi connectivity index (χ2n) is 6.17. The number of thiocarbonyl (C=S) groups is 1. The monoisotopic (exact) mass is 414 g/mol. The lowest BCUT2D eigenvalue weighted by atomic mass is 10.0. The van der Waals surface area contributed by atoms with Gasteiger partial charge in [0, 0.05) is 17.5 Å². The SMILES string of the molecule is CCOC(=O)c1c(NC(=S)Nc2cnn(C)c2C)sc(C)c1-c1ccccc1. The summed E-state index contributed by atoms with van der Waals surface area (Å²) in [5.41, 5.74) is 4.11. The molecule has 0 saturated heterocycles. The first kappa shape index (κ1) is 20.0. The number of anilines is 2. The number of hydrogen-bond donors (Lipinski definition) is 2. The topological polar surface area (TPSA) is 68.2 Å². The van der Waals surface area contributed by atoms with Gasteiger partial charge in [-0.3, -0.25) is 4.68 Å². The van der Waals surface area contributed by atoms with Crippen LogP contribution in [0.25, 0.3) is 11.1 Å². The number of esters is 1. The summed E-state index contributed by atoms with van der Waals surface area (Å²) in [4.78, 5) is 13.7. The fourth-order valence-electron chi connectivity index (χ4n) is 2.86. The summed E-state index contributed by atoms with van der Waals surface area (Å²) in [6.07, 6.45) is 1.71. The maximum absolute atomic E-state index is 12.7. The molecule has 3 aromatic rings. The fourth-order valence-corrected chi connectivity index (χ4v) is 4.21. The van der Waals surface area contributed by atoms with Gasteiger partial charge in [0.2, 0.25) is 0 Å². The Balaban J connectivity index is 1.95. The molecule has 6 nitrogen and oxygen atoms in total. The number of carbonyl (C=O) groups is 1. The minimum absolute atomic E-state index is 0.305. The maximum Gasteiger partial charge on any atom is 0.341 e. The minimum Gasteiger partial charge on any atom is -0.462 e. The van der Waals surface area contributed by atoms with E-state index in [1.807, 2.05) is 51.2 Å². The van der Waals surface area contributed by atoms with Crippen molar-refractivity contribution in [3.63, 3.8) is 0 Å². The normalized spacial score (nSPS) is 10.6. The van der Waals surface area contributed by atoms with Crippen LogP contribution in [0.2, 0.25) is 0 Å². The van der Waals surface area contributed by atoms with Crippen LogP contribution in [0.3, 0.4) is 0 Å². The predicted octanol–water partition coefficient (Wildman–Crippen LogP) is 4.75. The van der Waals surface area contributed by atoms with Gasteiger partial charge in [0.05, 0.1) is 24.2 Å². The number of benzene rings is 1. The van der Waals surface area contributed by atoms with Crippen LogP contribution in [-0.2, 0) is 11.8 Å². The summed E-state index contributed by atoms with van der Waals surface area (Å²) in [6.45, 7) is 6.04. The van der Waals surface area contributed by atoms with E-state index in [0.717, 1.165) is 27.4 Å². The van der Waals surface area contributed by atoms with Crippen LogP contribution in [-0.4, -0.2) is 27.5 Å². The van der Waals surface area contributed by atoms with Crippen LogP contribution in [0.1, 0.15) is 27.9 Å². The quantitative estimate of drug-likeness (QED) is 0.464. The largest absolute Gasteiger partial charge is 0.462 e. The van der Waals surface area contributed by atoms with Gasteiger partial charge in [-0.1, -0.05) is 30.3 Å². The summed E-state index contributed by atoms with van der Waals surface area (Å²) < 4.78 is 7.08. The van der Waals surface area contributed by atoms with E-state index in [-0.39, 0.29) is 5.97 Å². The number of ether oxygens (including phenoxy) is 1. The first-order valence-electron chi connectivity index (χ1n) is 8.84. The fraction of sp³-hybridized carbons (Fsp3) is 0.250. The molecule has 3 rings (SSSR count). The van der Waals surface area contributed by atoms with E-state index >= 15 is 0 Å². The number of nitrogens with one attached hydrogen (secondary N) is 2. The zero-order chi connectivity index (χ0) is 20.3. The molecule has 1 aromatic carbocycles. The summed E-state index contributed by atoms with van der Waals surface area (Å²) in [5, 5.41) is 11.6. The lowest BCUT2D eigenvalue weighted by Gasteiger charge is -2.11. The molecule has 8 heteroatoms. The van der Waals surface area contributed by atoms with E-state index in [4.69, 9.17) is 17.0 Å². The van der Waals surface area contributed by atoms with Gasteiger partial charge in [-0.05, 0) is 38.6 Å². The molecule has 2 heterocycles. The molecular weight excluding hydrogens is 392 g/mol. The molecule has 2 N–H and O–H groups in total. The average Bonchev–Trinajstić information content (AvgIpc) is 3.16. The minimum atomic E-state index is -0.367. The van der Waals surface area contributed by atoms with Crippen molar-refractivity contribution in [2.75, 3.05) is 17.2 Å². The third-order valence-electron chi connectivity index (χ3n) is 4.34. The van der Waals surface area contributed by atoms with Crippen LogP contribution in [0, 0.1) is 13.8 Å². The Labute approximate surface area is 173 Å². The number of nitrogens with zero attached hydrogens (tertiary/aromatic N) is 2. The molecule has 0 unspecified atom stereocenters. The molecule has 0 saturated carbocycles. The van der Waals surface area contributed by atoms with Crippen LogP contribution >= 0.6 is 23.6 Å². The van der Waals surface area contributed by atoms with Crippen molar-refractivity contribution < 1.29 is 9.53 Å². The van der Waals surface area contributed by atoms with E-state index < -0.39 is 0 Å². The van der Waals surface area contributed by atoms with E-state index in [1.54, 1.807) is 17.8 Å². The van der Waals surface area contributed by atoms with Gasteiger partial charge in [-0.15, -0.1) is 11.3 Å². The zero-order valence-electron chi connectivity index (χ0n) is 16.2. The van der Waals surface area contributed by atoms with E-state index in [9.17, 15) is 4.79 Å². The molecule has 2 aromatic heterocycles. The molecule has 28 heavy (non-hydrogen) atoms. The highest BCUT2D eigenvalue weighted by molar-refractivity contribution is 7.80. The van der Waals surface area contributed by atoms with Crippen LogP contribution in [0.15, 0.2) is 36.5 Å². The molecule has 0 aliphatic rings. The van der Waals surface area contributed by atoms with Crippen LogP contribution < -0.4 is 10.6 Å². The van der Waals surface area contributed by atoms with Crippen LogP contribution in [0.4, 0.5) is 10.7 Å². The summed E-state index contributed by atoms with van der Waals surface area (Å²) in [6, 6.07) is 9.82. The Bertz CT molecular complexity index is 1010. The van der Waals surface area contributed by atoms with Gasteiger partial charge in [0.25, 0.3) is 0 Å². The molecule has 0 radical (unpaired) electrons. The number of aromatic nitrogens is 2. The molecule has 146 valence electrons. The number of hydrogen-bond acceptors (Lipinski definition) is 5. The van der Waals surface area contributed by atoms with E-state index in [2.05, 4.69) is 15.7 Å². The van der Waals surface area contributed by atoms with Crippen molar-refractivity contribution in [1.29, 1.82) is 0 Å². The number of rotatable bonds is 5. The molecule has 0 fully saturated rings. The Morgan fingerprint density at radius 2 is 1.96 bits per heavy atom. The maximum atomic E-state index is 12.7. The predicted molar refractivity (Wildman–Crippen MR) is 118 cm³/mol. The molecule has 0 aliphatic heterocycles. The lowest BCUT2D eigenvalue weighted by Crippen LogP contribution is -2.20. The second-order valence-corrected chi connectivity index (χ2v) is 7.80. The Morgan fingerprint density at radius 3 is 2.57 bits per heavy atom. The van der Waals surface area contributed by atoms with Crippen molar-refractivity contribution in [1.82, 2.24) is 9.78 Å². The second kappa shape index (κ2) is 8.53. The summed E-state index contributed by atoms with van der Waals surface area (Å²) in [7, 11) is 1.87. The van der Waals surface area contributed by atoms with Crippen molar-refractivity contribution >= 4 is 45.3 Å². The molecule has 0 aliphatic carbocycles. The summed E-state index contributed by atoms with van der Waals surface area (Å²) in [5.74, 6) is -0.367. The Kier molecular flexibility index (Phi) is 6.11. The summed E-state index contributed by atoms with van der Waals surface area (Å²) >= 11 is 6.94. The first-order chi connectivity index (χ1) is 13.4. The van der Waals surface area contributed by atoms with Crippen LogP contribution in [0.5, 0.6) is 0 Å². The highest BCUT2D eigenvalue weighted by atomic mass is 32.1. The number of thiophene rings is 1. The standard InChI is InChI=1S/C20H22N4O2S2/c1-5-26-19(25)17-16(14-9-7-6-8-10-14)13(3)28-18(17)23-20(27)22-15-11-21-24(4)12(15)2/h6-11H,5H2,1-4H3,(H2,22,23,27). The van der Waals surface area contributed by atoms with Gasteiger partial charge in [0.15, 0.2) is 5.11 Å². The average molecular weight is 415 g/mol. The smallest absolute Gasteiger partial charge is 0.341 e. The van der Waals surface area contributed by atoms with Gasteiger partial charge >= 0.3 is 5.97 Å².